The van der Waals surface area contributed by atoms with Gasteiger partial charge in [0.2, 0.25) is 0 Å². The van der Waals surface area contributed by atoms with Crippen molar-refractivity contribution >= 4 is 44.4 Å². The van der Waals surface area contributed by atoms with Crippen molar-refractivity contribution in [3.63, 3.8) is 0 Å². The molecule has 1 aromatic heterocycles. The number of benzene rings is 2. The van der Waals surface area contributed by atoms with Crippen molar-refractivity contribution in [3.05, 3.63) is 47.5 Å². The van der Waals surface area contributed by atoms with Gasteiger partial charge in [-0.2, -0.15) is 0 Å². The molecule has 0 saturated carbocycles. The summed E-state index contributed by atoms with van der Waals surface area (Å²) in [5, 5.41) is 1.53. The summed E-state index contributed by atoms with van der Waals surface area (Å²) in [5.41, 5.74) is 2.90. The smallest absolute Gasteiger partial charge is 0.253 e. The Morgan fingerprint density at radius 2 is 1.80 bits per heavy atom. The number of amides is 1. The van der Waals surface area contributed by atoms with Gasteiger partial charge >= 0.3 is 0 Å². The van der Waals surface area contributed by atoms with E-state index in [-0.39, 0.29) is 5.91 Å². The SMILES string of the molecule is COc1ccc(C)c2sc(N3CCN(C(=O)c4ccc(SC(C)C)cc4)CC3)nc12. The fourth-order valence-corrected chi connectivity index (χ4v) is 5.57. The van der Waals surface area contributed by atoms with Crippen molar-refractivity contribution in [1.82, 2.24) is 9.88 Å². The standard InChI is InChI=1S/C23H27N3O2S2/c1-15(2)29-18-8-6-17(7-9-18)22(27)25-11-13-26(14-12-25)23-24-20-19(28-4)10-5-16(3)21(20)30-23/h5-10,15H,11-14H2,1-4H3. The number of hydrogen-bond acceptors (Lipinski definition) is 6. The first-order chi connectivity index (χ1) is 14.5. The molecule has 1 fully saturated rings. The quantitative estimate of drug-likeness (QED) is 0.517. The molecule has 1 aliphatic rings. The van der Waals surface area contributed by atoms with Crippen LogP contribution < -0.4 is 9.64 Å². The lowest BCUT2D eigenvalue weighted by molar-refractivity contribution is 0.0746. The van der Waals surface area contributed by atoms with Gasteiger partial charge in [0.25, 0.3) is 5.91 Å². The molecular weight excluding hydrogens is 414 g/mol. The molecule has 1 amide bonds. The number of ether oxygens (including phenoxy) is 1. The Hall–Kier alpha value is -2.25. The lowest BCUT2D eigenvalue weighted by atomic mass is 10.2. The topological polar surface area (TPSA) is 45.7 Å². The van der Waals surface area contributed by atoms with Crippen LogP contribution >= 0.6 is 23.1 Å². The van der Waals surface area contributed by atoms with Crippen molar-refractivity contribution in [2.24, 2.45) is 0 Å². The molecule has 0 N–H and O–H groups in total. The third-order valence-corrected chi connectivity index (χ3v) is 7.49. The minimum Gasteiger partial charge on any atom is -0.494 e. The van der Waals surface area contributed by atoms with Crippen molar-refractivity contribution in [2.75, 3.05) is 38.2 Å². The zero-order chi connectivity index (χ0) is 21.3. The van der Waals surface area contributed by atoms with Crippen LogP contribution in [0.2, 0.25) is 0 Å². The summed E-state index contributed by atoms with van der Waals surface area (Å²) in [5.74, 6) is 0.920. The predicted octanol–water partition coefficient (Wildman–Crippen LogP) is 5.08. The lowest BCUT2D eigenvalue weighted by Crippen LogP contribution is -2.48. The maximum atomic E-state index is 12.9. The number of thiazole rings is 1. The molecule has 2 aromatic carbocycles. The fraction of sp³-hybridized carbons (Fsp3) is 0.391. The molecular formula is C23H27N3O2S2. The van der Waals surface area contributed by atoms with Crippen LogP contribution in [0.25, 0.3) is 10.2 Å². The van der Waals surface area contributed by atoms with Crippen molar-refractivity contribution in [2.45, 2.75) is 30.9 Å². The molecule has 0 bridgehead atoms. The maximum Gasteiger partial charge on any atom is 0.253 e. The van der Waals surface area contributed by atoms with Crippen LogP contribution in [0.1, 0.15) is 29.8 Å². The van der Waals surface area contributed by atoms with Crippen LogP contribution in [0.3, 0.4) is 0 Å². The van der Waals surface area contributed by atoms with Crippen molar-refractivity contribution in [1.29, 1.82) is 0 Å². The fourth-order valence-electron chi connectivity index (χ4n) is 3.63. The molecule has 4 rings (SSSR count). The van der Waals surface area contributed by atoms with E-state index >= 15 is 0 Å². The Labute approximate surface area is 186 Å². The van der Waals surface area contributed by atoms with Gasteiger partial charge < -0.3 is 14.5 Å². The lowest BCUT2D eigenvalue weighted by Gasteiger charge is -2.34. The molecule has 7 heteroatoms. The summed E-state index contributed by atoms with van der Waals surface area (Å²) < 4.78 is 6.65. The van der Waals surface area contributed by atoms with E-state index in [0.29, 0.717) is 18.3 Å². The number of methoxy groups -OCH3 is 1. The second kappa shape index (κ2) is 8.86. The Morgan fingerprint density at radius 1 is 1.10 bits per heavy atom. The van der Waals surface area contributed by atoms with Crippen molar-refractivity contribution in [3.8, 4) is 5.75 Å². The first kappa shape index (κ1) is 21.0. The normalized spacial score (nSPS) is 14.6. The van der Waals surface area contributed by atoms with E-state index in [1.807, 2.05) is 47.0 Å². The highest BCUT2D eigenvalue weighted by molar-refractivity contribution is 7.99. The minimum atomic E-state index is 0.109. The number of anilines is 1. The number of nitrogens with zero attached hydrogens (tertiary/aromatic N) is 3. The zero-order valence-electron chi connectivity index (χ0n) is 17.8. The maximum absolute atomic E-state index is 12.9. The van der Waals surface area contributed by atoms with Gasteiger partial charge in [0.05, 0.1) is 11.8 Å². The number of piperazine rings is 1. The Balaban J connectivity index is 1.43. The Kier molecular flexibility index (Phi) is 6.20. The zero-order valence-corrected chi connectivity index (χ0v) is 19.5. The second-order valence-corrected chi connectivity index (χ2v) is 10.4. The molecule has 30 heavy (non-hydrogen) atoms. The highest BCUT2D eigenvalue weighted by Crippen LogP contribution is 2.36. The van der Waals surface area contributed by atoms with Crippen LogP contribution in [0.15, 0.2) is 41.3 Å². The number of fused-ring (bicyclic) bond motifs is 1. The molecule has 0 spiro atoms. The van der Waals surface area contributed by atoms with Gasteiger partial charge in [0, 0.05) is 41.9 Å². The highest BCUT2D eigenvalue weighted by atomic mass is 32.2. The highest BCUT2D eigenvalue weighted by Gasteiger charge is 2.24. The van der Waals surface area contributed by atoms with Gasteiger partial charge in [-0.05, 0) is 42.8 Å². The number of hydrogen-bond donors (Lipinski definition) is 0. The van der Waals surface area contributed by atoms with E-state index in [9.17, 15) is 4.79 Å². The Morgan fingerprint density at radius 3 is 2.43 bits per heavy atom. The van der Waals surface area contributed by atoms with Crippen LogP contribution in [0.4, 0.5) is 5.13 Å². The van der Waals surface area contributed by atoms with Crippen LogP contribution in [0.5, 0.6) is 5.75 Å². The number of aryl methyl sites for hydroxylation is 1. The molecule has 5 nitrogen and oxygen atoms in total. The number of aromatic nitrogens is 1. The van der Waals surface area contributed by atoms with Crippen LogP contribution in [-0.2, 0) is 0 Å². The van der Waals surface area contributed by atoms with E-state index < -0.39 is 0 Å². The summed E-state index contributed by atoms with van der Waals surface area (Å²) in [4.78, 5) is 23.2. The minimum absolute atomic E-state index is 0.109. The second-order valence-electron chi connectivity index (χ2n) is 7.73. The largest absolute Gasteiger partial charge is 0.494 e. The summed E-state index contributed by atoms with van der Waals surface area (Å²) >= 11 is 3.51. The Bertz CT molecular complexity index is 1040. The third-order valence-electron chi connectivity index (χ3n) is 5.22. The summed E-state index contributed by atoms with van der Waals surface area (Å²) in [6, 6.07) is 12.0. The van der Waals surface area contributed by atoms with Gasteiger partial charge in [0.15, 0.2) is 5.13 Å². The van der Waals surface area contributed by atoms with Gasteiger partial charge in [-0.3, -0.25) is 4.79 Å². The van der Waals surface area contributed by atoms with Gasteiger partial charge in [-0.1, -0.05) is 31.3 Å². The number of carbonyl (C=O) groups excluding carboxylic acids is 1. The van der Waals surface area contributed by atoms with Gasteiger partial charge in [-0.15, -0.1) is 11.8 Å². The average Bonchev–Trinajstić information content (AvgIpc) is 3.20. The summed E-state index contributed by atoms with van der Waals surface area (Å²) in [6.45, 7) is 9.42. The van der Waals surface area contributed by atoms with Gasteiger partial charge in [0.1, 0.15) is 11.3 Å². The predicted molar refractivity (Wildman–Crippen MR) is 126 cm³/mol. The van der Waals surface area contributed by atoms with E-state index in [2.05, 4.69) is 31.7 Å². The van der Waals surface area contributed by atoms with E-state index in [1.54, 1.807) is 18.4 Å². The molecule has 0 unspecified atom stereocenters. The third kappa shape index (κ3) is 4.27. The molecule has 3 aromatic rings. The number of thioether (sulfide) groups is 1. The van der Waals surface area contributed by atoms with E-state index in [0.717, 1.165) is 35.1 Å². The van der Waals surface area contributed by atoms with Crippen LogP contribution in [0, 0.1) is 6.92 Å². The monoisotopic (exact) mass is 441 g/mol. The molecule has 1 saturated heterocycles. The van der Waals surface area contributed by atoms with Crippen LogP contribution in [-0.4, -0.2) is 54.3 Å². The molecule has 158 valence electrons. The first-order valence-corrected chi connectivity index (χ1v) is 11.9. The summed E-state index contributed by atoms with van der Waals surface area (Å²) in [7, 11) is 1.68. The van der Waals surface area contributed by atoms with E-state index in [1.165, 1.54) is 15.2 Å². The number of carbonyl (C=O) groups is 1. The molecule has 0 aliphatic carbocycles. The molecule has 1 aliphatic heterocycles. The molecule has 2 heterocycles. The average molecular weight is 442 g/mol. The number of rotatable bonds is 5. The van der Waals surface area contributed by atoms with Crippen molar-refractivity contribution < 1.29 is 9.53 Å². The molecule has 0 radical (unpaired) electrons. The first-order valence-electron chi connectivity index (χ1n) is 10.2. The van der Waals surface area contributed by atoms with Gasteiger partial charge in [-0.25, -0.2) is 4.98 Å². The van der Waals surface area contributed by atoms with E-state index in [4.69, 9.17) is 9.72 Å². The summed E-state index contributed by atoms with van der Waals surface area (Å²) in [6.07, 6.45) is 0. The molecule has 0 atom stereocenters.